The number of hydrogen-bond donors (Lipinski definition) is 4. The molecular weight excluding hydrogens is 1270 g/mol. The lowest BCUT2D eigenvalue weighted by atomic mass is 9.70. The number of likely N-dealkylation sites (tertiary alicyclic amines) is 2. The second-order valence-corrected chi connectivity index (χ2v) is 25.1. The molecular formula is C66H83Br2Cl2N13O4. The summed E-state index contributed by atoms with van der Waals surface area (Å²) in [6.45, 7) is 6.05. The van der Waals surface area contributed by atoms with E-state index in [1.54, 1.807) is 9.03 Å². The standard InChI is InChI=1S/C32H38ClN7O2.C20H23BrN6O.C13H17ClO.CH4.BrH/c1-37-18-13-27(14-19-37)38(2)30(42)23-5-11-26(12-6-23)34-31-35-29-28(4-3-17-40(29)36-31)39-20-15-32(22-41,16-21-39)24-7-9-25(33)10-8-24;1-25-12-9-16(10-13-25)26(2)19(28)14-5-7-15(8-6-14)22-20-23-18-17(21)4-3-11-27(18)24-20;14-12-6-4-11(5-7-12)13(10-15)8-2-1-3-9-13;;/h3-12,17,27,41H,13-16,18-22H2,1-2H3,(H,34,36);3-8,11,16H,9-10,12-13H2,1-2H3,(H,22,24);4-7,15H,1-3,8-10H2;1H4;1H. The molecule has 12 rings (SSSR count). The third kappa shape index (κ3) is 16.0. The Morgan fingerprint density at radius 1 is 0.575 bits per heavy atom. The maximum Gasteiger partial charge on any atom is 0.253 e. The number of aromatic nitrogens is 6. The molecule has 4 aliphatic rings. The van der Waals surface area contributed by atoms with E-state index in [1.165, 1.54) is 24.8 Å². The fourth-order valence-electron chi connectivity index (χ4n) is 12.4. The van der Waals surface area contributed by atoms with Gasteiger partial charge >= 0.3 is 0 Å². The Balaban J connectivity index is 0.000000187. The van der Waals surface area contributed by atoms with Crippen LogP contribution in [0.2, 0.25) is 10.0 Å². The normalized spacial score (nSPS) is 17.1. The highest BCUT2D eigenvalue weighted by Gasteiger charge is 2.37. The number of halogens is 4. The minimum atomic E-state index is -0.276. The Morgan fingerprint density at radius 3 is 1.40 bits per heavy atom. The molecule has 7 heterocycles. The van der Waals surface area contributed by atoms with E-state index >= 15 is 0 Å². The largest absolute Gasteiger partial charge is 0.395 e. The molecule has 4 fully saturated rings. The highest BCUT2D eigenvalue weighted by atomic mass is 79.9. The van der Waals surface area contributed by atoms with E-state index in [4.69, 9.17) is 28.2 Å². The molecule has 21 heteroatoms. The monoisotopic (exact) mass is 1350 g/mol. The van der Waals surface area contributed by atoms with E-state index in [-0.39, 0.29) is 66.3 Å². The Kier molecular flexibility index (Phi) is 23.3. The van der Waals surface area contributed by atoms with Crippen LogP contribution in [0.25, 0.3) is 11.3 Å². The minimum absolute atomic E-state index is 0. The predicted octanol–water partition coefficient (Wildman–Crippen LogP) is 13.0. The molecule has 2 amide bonds. The van der Waals surface area contributed by atoms with E-state index in [0.717, 1.165) is 134 Å². The minimum Gasteiger partial charge on any atom is -0.395 e. The van der Waals surface area contributed by atoms with Crippen LogP contribution in [-0.4, -0.2) is 164 Å². The van der Waals surface area contributed by atoms with Crippen molar-refractivity contribution in [3.8, 4) is 0 Å². The van der Waals surface area contributed by atoms with Crippen molar-refractivity contribution in [3.63, 3.8) is 0 Å². The molecule has 17 nitrogen and oxygen atoms in total. The molecule has 0 bridgehead atoms. The van der Waals surface area contributed by atoms with Crippen LogP contribution in [0, 0.1) is 0 Å². The lowest BCUT2D eigenvalue weighted by Crippen LogP contribution is -2.45. The molecule has 0 radical (unpaired) electrons. The Hall–Kier alpha value is -6.16. The van der Waals surface area contributed by atoms with Crippen molar-refractivity contribution in [2.24, 2.45) is 0 Å². The lowest BCUT2D eigenvalue weighted by molar-refractivity contribution is 0.0652. The molecule has 4 aromatic heterocycles. The average molecular weight is 1350 g/mol. The van der Waals surface area contributed by atoms with Crippen molar-refractivity contribution in [1.29, 1.82) is 0 Å². The van der Waals surface area contributed by atoms with E-state index in [0.29, 0.717) is 34.1 Å². The first-order chi connectivity index (χ1) is 41.1. The zero-order valence-electron chi connectivity index (χ0n) is 49.5. The van der Waals surface area contributed by atoms with Gasteiger partial charge in [0.15, 0.2) is 11.3 Å². The molecule has 0 atom stereocenters. The van der Waals surface area contributed by atoms with Gasteiger partial charge in [-0.15, -0.1) is 27.2 Å². The number of benzene rings is 4. The van der Waals surface area contributed by atoms with Crippen LogP contribution >= 0.6 is 56.1 Å². The number of carbonyl (C=O) groups is 2. The van der Waals surface area contributed by atoms with Crippen LogP contribution in [0.15, 0.2) is 138 Å². The Bertz CT molecular complexity index is 3490. The molecule has 1 aliphatic carbocycles. The van der Waals surface area contributed by atoms with Crippen LogP contribution in [0.1, 0.15) is 110 Å². The Labute approximate surface area is 541 Å². The summed E-state index contributed by atoms with van der Waals surface area (Å²) in [5.41, 5.74) is 7.66. The molecule has 4 aromatic carbocycles. The van der Waals surface area contributed by atoms with Gasteiger partial charge in [-0.1, -0.05) is 74.2 Å². The molecule has 87 heavy (non-hydrogen) atoms. The number of carbonyl (C=O) groups excluding carboxylic acids is 2. The van der Waals surface area contributed by atoms with Gasteiger partial charge in [0.25, 0.3) is 11.8 Å². The number of pyridine rings is 2. The number of rotatable bonds is 13. The zero-order chi connectivity index (χ0) is 59.7. The van der Waals surface area contributed by atoms with Crippen LogP contribution in [0.4, 0.5) is 29.0 Å². The maximum absolute atomic E-state index is 13.1. The van der Waals surface area contributed by atoms with Gasteiger partial charge in [0.2, 0.25) is 11.9 Å². The summed E-state index contributed by atoms with van der Waals surface area (Å²) in [5.74, 6) is 1.12. The molecule has 4 N–H and O–H groups in total. The summed E-state index contributed by atoms with van der Waals surface area (Å²) in [4.78, 5) is 45.9. The number of nitrogens with one attached hydrogen (secondary N) is 2. The third-order valence-corrected chi connectivity index (χ3v) is 19.1. The summed E-state index contributed by atoms with van der Waals surface area (Å²) in [6, 6.07) is 39.3. The molecule has 1 saturated carbocycles. The van der Waals surface area contributed by atoms with Gasteiger partial charge in [0.05, 0.1) is 23.4 Å². The lowest BCUT2D eigenvalue weighted by Gasteiger charge is -2.42. The van der Waals surface area contributed by atoms with Crippen LogP contribution < -0.4 is 15.5 Å². The number of hydrogen-bond acceptors (Lipinski definition) is 13. The number of amides is 2. The first-order valence-electron chi connectivity index (χ1n) is 29.6. The highest BCUT2D eigenvalue weighted by molar-refractivity contribution is 9.10. The fourth-order valence-corrected chi connectivity index (χ4v) is 13.0. The van der Waals surface area contributed by atoms with E-state index in [9.17, 15) is 19.8 Å². The highest BCUT2D eigenvalue weighted by Crippen LogP contribution is 2.40. The SMILES string of the molecule is Br.C.CN1CCC(N(C)C(=O)c2ccc(Nc3nc4c(Br)cccn4n3)cc2)CC1.CN1CCC(N(C)C(=O)c2ccc(Nc3nc4c(N5CCC(CO)(c6ccc(Cl)cc6)CC5)cccn4n3)cc2)CC1.OCC1(c2ccc(Cl)cc2)CCCCC1. The second-order valence-electron chi connectivity index (χ2n) is 23.4. The first-order valence-corrected chi connectivity index (χ1v) is 31.2. The van der Waals surface area contributed by atoms with Crippen LogP contribution in [0.3, 0.4) is 0 Å². The van der Waals surface area contributed by atoms with Gasteiger partial charge in [0, 0.05) is 95.0 Å². The summed E-state index contributed by atoms with van der Waals surface area (Å²) in [6.07, 6.45) is 15.4. The molecule has 8 aromatic rings. The van der Waals surface area contributed by atoms with Crippen LogP contribution in [-0.2, 0) is 10.8 Å². The van der Waals surface area contributed by atoms with Crippen LogP contribution in [0.5, 0.6) is 0 Å². The molecule has 3 saturated heterocycles. The van der Waals surface area contributed by atoms with Gasteiger partial charge in [0.1, 0.15) is 0 Å². The van der Waals surface area contributed by atoms with Crippen molar-refractivity contribution < 1.29 is 19.8 Å². The quantitative estimate of drug-likeness (QED) is 0.0859. The van der Waals surface area contributed by atoms with Crippen molar-refractivity contribution in [2.75, 3.05) is 96.2 Å². The Morgan fingerprint density at radius 2 is 0.977 bits per heavy atom. The summed E-state index contributed by atoms with van der Waals surface area (Å²) in [5, 5.41) is 37.0. The molecule has 0 spiro atoms. The molecule has 3 aliphatic heterocycles. The van der Waals surface area contributed by atoms with E-state index in [2.05, 4.69) is 88.7 Å². The number of aliphatic hydroxyl groups excluding tert-OH is 2. The van der Waals surface area contributed by atoms with Gasteiger partial charge in [-0.25, -0.2) is 9.03 Å². The summed E-state index contributed by atoms with van der Waals surface area (Å²) in [7, 11) is 8.07. The number of anilines is 5. The van der Waals surface area contributed by atoms with Gasteiger partial charge in [-0.3, -0.25) is 9.59 Å². The predicted molar refractivity (Wildman–Crippen MR) is 360 cm³/mol. The average Bonchev–Trinajstić information content (AvgIpc) is 3.13. The molecule has 0 unspecified atom stereocenters. The van der Waals surface area contributed by atoms with Gasteiger partial charge in [-0.05, 0) is 216 Å². The smallest absolute Gasteiger partial charge is 0.253 e. The van der Waals surface area contributed by atoms with E-state index < -0.39 is 0 Å². The number of fused-ring (bicyclic) bond motifs is 2. The van der Waals surface area contributed by atoms with Crippen molar-refractivity contribution >= 4 is 108 Å². The van der Waals surface area contributed by atoms with Gasteiger partial charge in [-0.2, -0.15) is 9.97 Å². The van der Waals surface area contributed by atoms with Crippen molar-refractivity contribution in [3.05, 3.63) is 170 Å². The zero-order valence-corrected chi connectivity index (χ0v) is 54.3. The second kappa shape index (κ2) is 30.4. The summed E-state index contributed by atoms with van der Waals surface area (Å²) >= 11 is 15.5. The summed E-state index contributed by atoms with van der Waals surface area (Å²) < 4.78 is 4.38. The number of nitrogens with zero attached hydrogens (tertiary/aromatic N) is 11. The van der Waals surface area contributed by atoms with Crippen molar-refractivity contribution in [2.45, 2.75) is 101 Å². The van der Waals surface area contributed by atoms with E-state index in [1.807, 2.05) is 139 Å². The third-order valence-electron chi connectivity index (χ3n) is 17.9. The number of piperidine rings is 3. The number of aliphatic hydroxyl groups is 2. The topological polar surface area (TPSA) is 175 Å². The fraction of sp³-hybridized carbons (Fsp3) is 0.424. The van der Waals surface area contributed by atoms with Gasteiger partial charge < -0.3 is 45.3 Å². The molecule has 464 valence electrons. The maximum atomic E-state index is 13.1. The van der Waals surface area contributed by atoms with Crippen molar-refractivity contribution in [1.82, 2.24) is 48.8 Å². The first kappa shape index (κ1) is 66.8.